The summed E-state index contributed by atoms with van der Waals surface area (Å²) in [4.78, 5) is 0. The second-order valence-electron chi connectivity index (χ2n) is 2.55. The van der Waals surface area contributed by atoms with Crippen molar-refractivity contribution in [3.63, 3.8) is 0 Å². The average Bonchev–Trinajstić information content (AvgIpc) is 2.12. The van der Waals surface area contributed by atoms with Crippen LogP contribution >= 0.6 is 0 Å². The lowest BCUT2D eigenvalue weighted by Crippen LogP contribution is -2.36. The van der Waals surface area contributed by atoms with Crippen LogP contribution in [0.15, 0.2) is 0 Å². The lowest BCUT2D eigenvalue weighted by atomic mass is 10.3. The Bertz CT molecular complexity index is 204. The first-order chi connectivity index (χ1) is 6.44. The summed E-state index contributed by atoms with van der Waals surface area (Å²) in [5.74, 6) is -4.16. The highest BCUT2D eigenvalue weighted by atomic mass is 19.3. The predicted octanol–water partition coefficient (Wildman–Crippen LogP) is 1.01. The number of likely N-dealkylation sites (N-methyl/N-ethyl adjacent to an activating group) is 1. The van der Waals surface area contributed by atoms with E-state index in [0.717, 1.165) is 0 Å². The Morgan fingerprint density at radius 2 is 2.07 bits per heavy atom. The maximum atomic E-state index is 12.2. The van der Waals surface area contributed by atoms with Gasteiger partial charge in [-0.25, -0.2) is 8.78 Å². The third kappa shape index (κ3) is 4.39. The zero-order valence-corrected chi connectivity index (χ0v) is 7.44. The molecule has 0 aromatic carbocycles. The van der Waals surface area contributed by atoms with Gasteiger partial charge in [0.15, 0.2) is 0 Å². The van der Waals surface area contributed by atoms with E-state index in [1.54, 1.807) is 6.07 Å². The van der Waals surface area contributed by atoms with Crippen LogP contribution in [0.5, 0.6) is 0 Å². The Balaban J connectivity index is 3.79. The number of halogens is 4. The van der Waals surface area contributed by atoms with Gasteiger partial charge in [-0.3, -0.25) is 0 Å². The molecule has 3 nitrogen and oxygen atoms in total. The van der Waals surface area contributed by atoms with E-state index in [9.17, 15) is 17.6 Å². The molecule has 0 rings (SSSR count). The highest BCUT2D eigenvalue weighted by Gasteiger charge is 2.41. The molecular weight excluding hydrogens is 204 g/mol. The van der Waals surface area contributed by atoms with Gasteiger partial charge in [-0.05, 0) is 7.05 Å². The monoisotopic (exact) mass is 214 g/mol. The minimum atomic E-state index is -4.16. The van der Waals surface area contributed by atoms with Crippen LogP contribution in [0.3, 0.4) is 0 Å². The molecule has 0 aromatic rings. The van der Waals surface area contributed by atoms with Gasteiger partial charge >= 0.3 is 12.3 Å². The molecule has 0 saturated heterocycles. The fraction of sp³-hybridized carbons (Fsp3) is 0.857. The van der Waals surface area contributed by atoms with E-state index in [1.807, 2.05) is 0 Å². The largest absolute Gasteiger partial charge is 0.372 e. The van der Waals surface area contributed by atoms with Crippen molar-refractivity contribution in [2.75, 3.05) is 20.3 Å². The molecule has 1 atom stereocenters. The Kier molecular flexibility index (Phi) is 5.42. The van der Waals surface area contributed by atoms with Gasteiger partial charge in [0, 0.05) is 0 Å². The Hall–Kier alpha value is -0.870. The normalized spacial score (nSPS) is 14.1. The quantitative estimate of drug-likeness (QED) is 0.671. The van der Waals surface area contributed by atoms with E-state index in [2.05, 4.69) is 10.1 Å². The lowest BCUT2D eigenvalue weighted by molar-refractivity contribution is -0.166. The Labute approximate surface area is 78.6 Å². The molecule has 0 aliphatic heterocycles. The van der Waals surface area contributed by atoms with Crippen LogP contribution in [0.2, 0.25) is 0 Å². The van der Waals surface area contributed by atoms with Gasteiger partial charge < -0.3 is 10.1 Å². The summed E-state index contributed by atoms with van der Waals surface area (Å²) in [6, 6.07) is 0.924. The first-order valence-corrected chi connectivity index (χ1v) is 3.74. The number of nitrogens with one attached hydrogen (secondary N) is 1. The number of nitrogens with zero attached hydrogens (tertiary/aromatic N) is 1. The van der Waals surface area contributed by atoms with Crippen molar-refractivity contribution < 1.29 is 22.3 Å². The first kappa shape index (κ1) is 13.1. The Morgan fingerprint density at radius 1 is 1.50 bits per heavy atom. The average molecular weight is 214 g/mol. The number of rotatable bonds is 6. The van der Waals surface area contributed by atoms with Gasteiger partial charge in [-0.2, -0.15) is 14.0 Å². The molecule has 0 aliphatic carbocycles. The zero-order valence-electron chi connectivity index (χ0n) is 7.44. The maximum absolute atomic E-state index is 12.2. The summed E-state index contributed by atoms with van der Waals surface area (Å²) in [5, 5.41) is 10.8. The molecule has 0 fully saturated rings. The van der Waals surface area contributed by atoms with Crippen LogP contribution in [-0.4, -0.2) is 38.7 Å². The molecule has 0 radical (unpaired) electrons. The molecule has 0 bridgehead atoms. The lowest BCUT2D eigenvalue weighted by Gasteiger charge is -2.16. The van der Waals surface area contributed by atoms with Crippen LogP contribution in [0.25, 0.3) is 0 Å². The van der Waals surface area contributed by atoms with E-state index in [1.165, 1.54) is 7.05 Å². The SMILES string of the molecule is CNC(C#N)COCC(F)(F)C(F)F. The van der Waals surface area contributed by atoms with Crippen LogP contribution in [0.4, 0.5) is 17.6 Å². The fourth-order valence-corrected chi connectivity index (χ4v) is 0.561. The maximum Gasteiger partial charge on any atom is 0.330 e. The summed E-state index contributed by atoms with van der Waals surface area (Å²) in [5.41, 5.74) is 0. The van der Waals surface area contributed by atoms with Crippen molar-refractivity contribution in [2.24, 2.45) is 0 Å². The van der Waals surface area contributed by atoms with Crippen LogP contribution < -0.4 is 5.32 Å². The van der Waals surface area contributed by atoms with Crippen LogP contribution in [-0.2, 0) is 4.74 Å². The third-order valence-electron chi connectivity index (χ3n) is 1.40. The van der Waals surface area contributed by atoms with E-state index < -0.39 is 25.0 Å². The number of hydrogen-bond donors (Lipinski definition) is 1. The molecule has 0 saturated carbocycles. The zero-order chi connectivity index (χ0) is 11.2. The molecule has 7 heteroatoms. The summed E-state index contributed by atoms with van der Waals surface area (Å²) in [7, 11) is 1.43. The number of hydrogen-bond acceptors (Lipinski definition) is 3. The smallest absolute Gasteiger partial charge is 0.330 e. The molecule has 14 heavy (non-hydrogen) atoms. The van der Waals surface area contributed by atoms with Gasteiger partial charge in [-0.15, -0.1) is 0 Å². The van der Waals surface area contributed by atoms with E-state index in [4.69, 9.17) is 5.26 Å². The second-order valence-corrected chi connectivity index (χ2v) is 2.55. The molecule has 0 spiro atoms. The number of ether oxygens (including phenoxy) is 1. The third-order valence-corrected chi connectivity index (χ3v) is 1.40. The highest BCUT2D eigenvalue weighted by molar-refractivity contribution is 4.88. The van der Waals surface area contributed by atoms with Gasteiger partial charge in [0.2, 0.25) is 0 Å². The summed E-state index contributed by atoms with van der Waals surface area (Å²) in [6.07, 6.45) is -3.75. The summed E-state index contributed by atoms with van der Waals surface area (Å²) < 4.78 is 51.9. The molecule has 1 unspecified atom stereocenters. The van der Waals surface area contributed by atoms with Crippen molar-refractivity contribution in [3.05, 3.63) is 0 Å². The molecule has 0 aliphatic rings. The fourth-order valence-electron chi connectivity index (χ4n) is 0.561. The van der Waals surface area contributed by atoms with Crippen molar-refractivity contribution in [3.8, 4) is 6.07 Å². The summed E-state index contributed by atoms with van der Waals surface area (Å²) in [6.45, 7) is -1.74. The van der Waals surface area contributed by atoms with Gasteiger partial charge in [0.05, 0.1) is 12.7 Å². The van der Waals surface area contributed by atoms with Crippen molar-refractivity contribution in [2.45, 2.75) is 18.4 Å². The standard InChI is InChI=1S/C7H10F4N2O/c1-13-5(2-12)3-14-4-7(10,11)6(8)9/h5-6,13H,3-4H2,1H3. The van der Waals surface area contributed by atoms with Crippen LogP contribution in [0, 0.1) is 11.3 Å². The molecule has 82 valence electrons. The van der Waals surface area contributed by atoms with Crippen molar-refractivity contribution >= 4 is 0 Å². The molecular formula is C7H10F4N2O. The van der Waals surface area contributed by atoms with Crippen LogP contribution in [0.1, 0.15) is 0 Å². The van der Waals surface area contributed by atoms with Gasteiger partial charge in [0.1, 0.15) is 12.6 Å². The molecule has 0 amide bonds. The van der Waals surface area contributed by atoms with E-state index in [0.29, 0.717) is 0 Å². The number of nitriles is 1. The van der Waals surface area contributed by atoms with E-state index >= 15 is 0 Å². The first-order valence-electron chi connectivity index (χ1n) is 3.74. The Morgan fingerprint density at radius 3 is 2.43 bits per heavy atom. The second kappa shape index (κ2) is 5.78. The van der Waals surface area contributed by atoms with Crippen molar-refractivity contribution in [1.82, 2.24) is 5.32 Å². The minimum absolute atomic E-state index is 0.352. The molecule has 0 aromatic heterocycles. The van der Waals surface area contributed by atoms with Crippen molar-refractivity contribution in [1.29, 1.82) is 5.26 Å². The van der Waals surface area contributed by atoms with Gasteiger partial charge in [0.25, 0.3) is 0 Å². The molecule has 0 heterocycles. The molecule has 1 N–H and O–H groups in total. The van der Waals surface area contributed by atoms with Gasteiger partial charge in [-0.1, -0.05) is 0 Å². The topological polar surface area (TPSA) is 45.0 Å². The highest BCUT2D eigenvalue weighted by Crippen LogP contribution is 2.22. The number of alkyl halides is 4. The summed E-state index contributed by atoms with van der Waals surface area (Å²) >= 11 is 0. The minimum Gasteiger partial charge on any atom is -0.372 e. The predicted molar refractivity (Wildman–Crippen MR) is 40.2 cm³/mol. The van der Waals surface area contributed by atoms with E-state index in [-0.39, 0.29) is 6.61 Å².